The highest BCUT2D eigenvalue weighted by Crippen LogP contribution is 2.34. The van der Waals surface area contributed by atoms with Gasteiger partial charge in [0.05, 0.1) is 6.04 Å². The second kappa shape index (κ2) is 7.93. The van der Waals surface area contributed by atoms with Crippen molar-refractivity contribution in [2.45, 2.75) is 63.6 Å². The Morgan fingerprint density at radius 3 is 2.68 bits per heavy atom. The number of nitrogens with one attached hydrogen (secondary N) is 1. The molecule has 1 N–H and O–H groups in total. The zero-order chi connectivity index (χ0) is 22.3. The van der Waals surface area contributed by atoms with Gasteiger partial charge in [-0.15, -0.1) is 10.2 Å². The molecule has 1 aliphatic heterocycles. The molecule has 7 nitrogen and oxygen atoms in total. The van der Waals surface area contributed by atoms with E-state index in [-0.39, 0.29) is 18.3 Å². The fourth-order valence-electron chi connectivity index (χ4n) is 4.11. The van der Waals surface area contributed by atoms with E-state index in [1.807, 2.05) is 0 Å². The molecule has 1 aromatic carbocycles. The molecule has 1 aliphatic carbocycles. The molecule has 2 atom stereocenters. The molecule has 11 heteroatoms. The summed E-state index contributed by atoms with van der Waals surface area (Å²) in [6.07, 6.45) is -0.255. The minimum Gasteiger partial charge on any atom is -0.415 e. The van der Waals surface area contributed by atoms with Crippen molar-refractivity contribution in [3.8, 4) is 11.5 Å². The number of alkyl halides is 4. The molecule has 1 saturated carbocycles. The number of nitrogens with zero attached hydrogens (tertiary/aromatic N) is 3. The van der Waals surface area contributed by atoms with Gasteiger partial charge in [0, 0.05) is 30.6 Å². The normalized spacial score (nSPS) is 21.5. The summed E-state index contributed by atoms with van der Waals surface area (Å²) in [7, 11) is 0. The highest BCUT2D eigenvalue weighted by molar-refractivity contribution is 5.99. The average Bonchev–Trinajstić information content (AvgIpc) is 3.33. The van der Waals surface area contributed by atoms with Crippen molar-refractivity contribution in [1.82, 2.24) is 20.4 Å². The first kappa shape index (κ1) is 21.3. The first-order valence-electron chi connectivity index (χ1n) is 9.89. The zero-order valence-electron chi connectivity index (χ0n) is 16.6. The molecule has 31 heavy (non-hydrogen) atoms. The number of hydrogen-bond acceptors (Lipinski definition) is 5. The largest absolute Gasteiger partial charge is 0.415 e. The van der Waals surface area contributed by atoms with Gasteiger partial charge in [0.15, 0.2) is 0 Å². The van der Waals surface area contributed by atoms with Gasteiger partial charge in [-0.05, 0) is 30.5 Å². The summed E-state index contributed by atoms with van der Waals surface area (Å²) >= 11 is 0. The van der Waals surface area contributed by atoms with Crippen molar-refractivity contribution in [2.75, 3.05) is 0 Å². The molecule has 0 spiro atoms. The number of carbonyl (C=O) groups excluding carboxylic acids is 2. The fourth-order valence-corrected chi connectivity index (χ4v) is 4.11. The monoisotopic (exact) mass is 440 g/mol. The van der Waals surface area contributed by atoms with Crippen LogP contribution < -0.4 is 5.32 Å². The van der Waals surface area contributed by atoms with Crippen LogP contribution in [-0.2, 0) is 11.3 Å². The van der Waals surface area contributed by atoms with Gasteiger partial charge in [-0.2, -0.15) is 17.6 Å². The van der Waals surface area contributed by atoms with Crippen molar-refractivity contribution in [2.24, 2.45) is 0 Å². The Morgan fingerprint density at radius 2 is 2.00 bits per heavy atom. The highest BCUT2D eigenvalue weighted by Gasteiger charge is 2.41. The Hall–Kier alpha value is -2.98. The van der Waals surface area contributed by atoms with Crippen LogP contribution in [0.25, 0.3) is 11.5 Å². The van der Waals surface area contributed by atoms with Crippen LogP contribution in [0.5, 0.6) is 0 Å². The number of rotatable bonds is 5. The van der Waals surface area contributed by atoms with Gasteiger partial charge in [-0.3, -0.25) is 9.59 Å². The Bertz CT molecular complexity index is 1000. The number of amides is 2. The van der Waals surface area contributed by atoms with Crippen molar-refractivity contribution in [3.63, 3.8) is 0 Å². The van der Waals surface area contributed by atoms with Gasteiger partial charge in [-0.25, -0.2) is 0 Å². The molecular weight excluding hydrogens is 420 g/mol. The van der Waals surface area contributed by atoms with Gasteiger partial charge in [0.1, 0.15) is 0 Å². The summed E-state index contributed by atoms with van der Waals surface area (Å²) in [5.74, 6) is -6.12. The molecule has 1 aromatic heterocycles. The second-order valence-electron chi connectivity index (χ2n) is 7.87. The smallest absolute Gasteiger partial charge is 0.321 e. The fraction of sp³-hybridized carbons (Fsp3) is 0.500. The van der Waals surface area contributed by atoms with Gasteiger partial charge >= 0.3 is 12.3 Å². The molecule has 0 radical (unpaired) electrons. The van der Waals surface area contributed by atoms with Gasteiger partial charge < -0.3 is 14.6 Å². The molecule has 1 fully saturated rings. The van der Waals surface area contributed by atoms with Crippen molar-refractivity contribution in [3.05, 3.63) is 35.2 Å². The summed E-state index contributed by atoms with van der Waals surface area (Å²) in [5, 5.41) is 9.28. The lowest BCUT2D eigenvalue weighted by atomic mass is 9.89. The first-order valence-corrected chi connectivity index (χ1v) is 9.89. The van der Waals surface area contributed by atoms with Crippen molar-refractivity contribution in [1.29, 1.82) is 0 Å². The third-order valence-electron chi connectivity index (χ3n) is 5.66. The van der Waals surface area contributed by atoms with E-state index in [1.165, 1.54) is 6.07 Å². The molecule has 2 amide bonds. The van der Waals surface area contributed by atoms with Crippen LogP contribution in [0, 0.1) is 0 Å². The number of hydrogen-bond donors (Lipinski definition) is 1. The number of carbonyl (C=O) groups is 2. The van der Waals surface area contributed by atoms with E-state index in [0.717, 1.165) is 12.8 Å². The summed E-state index contributed by atoms with van der Waals surface area (Å²) in [6, 6.07) is 3.77. The molecule has 2 aliphatic rings. The van der Waals surface area contributed by atoms with E-state index in [1.54, 1.807) is 17.0 Å². The summed E-state index contributed by atoms with van der Waals surface area (Å²) in [5.41, 5.74) is 1.39. The lowest BCUT2D eigenvalue weighted by molar-refractivity contribution is -0.144. The lowest BCUT2D eigenvalue weighted by Gasteiger charge is -2.38. The molecule has 0 saturated heterocycles. The zero-order valence-corrected chi connectivity index (χ0v) is 16.6. The standard InChI is InChI=1S/C20H20F4N4O3/c1-20(23,24)19(30)25-13-4-2-3-5-14(13)28-9-11-7-6-10(8-12(11)18(28)29)16-26-27-17(31-16)15(21)22/h6-8,13-15H,2-5,9H2,1H3,(H,25,30)/t13-,14+/m0/s1. The highest BCUT2D eigenvalue weighted by atomic mass is 19.3. The molecule has 2 heterocycles. The Kier molecular flexibility index (Phi) is 5.44. The van der Waals surface area contributed by atoms with E-state index in [4.69, 9.17) is 4.42 Å². The van der Waals surface area contributed by atoms with E-state index >= 15 is 0 Å². The Balaban J connectivity index is 1.55. The van der Waals surface area contributed by atoms with E-state index in [2.05, 4.69) is 15.5 Å². The molecular formula is C20H20F4N4O3. The Labute approximate surface area is 174 Å². The minimum atomic E-state index is -3.50. The van der Waals surface area contributed by atoms with Crippen molar-refractivity contribution < 1.29 is 31.6 Å². The summed E-state index contributed by atoms with van der Waals surface area (Å²) in [4.78, 5) is 26.5. The van der Waals surface area contributed by atoms with Gasteiger partial charge in [-0.1, -0.05) is 18.9 Å². The SMILES string of the molecule is CC(F)(F)C(=O)N[C@H]1CCCC[C@H]1N1Cc2ccc(-c3nnc(C(F)F)o3)cc2C1=O. The molecule has 0 bridgehead atoms. The van der Waals surface area contributed by atoms with Crippen LogP contribution in [0.15, 0.2) is 22.6 Å². The molecule has 4 rings (SSSR count). The summed E-state index contributed by atoms with van der Waals surface area (Å²) in [6.45, 7) is 0.801. The molecule has 2 aromatic rings. The average molecular weight is 440 g/mol. The van der Waals surface area contributed by atoms with Crippen LogP contribution in [0.2, 0.25) is 0 Å². The topological polar surface area (TPSA) is 88.3 Å². The maximum atomic E-state index is 13.4. The predicted molar refractivity (Wildman–Crippen MR) is 99.4 cm³/mol. The quantitative estimate of drug-likeness (QED) is 0.716. The van der Waals surface area contributed by atoms with Crippen LogP contribution in [0.4, 0.5) is 17.6 Å². The predicted octanol–water partition coefficient (Wildman–Crippen LogP) is 3.71. The second-order valence-corrected chi connectivity index (χ2v) is 7.87. The molecule has 0 unspecified atom stereocenters. The number of fused-ring (bicyclic) bond motifs is 1. The lowest BCUT2D eigenvalue weighted by Crippen LogP contribution is -2.55. The third-order valence-corrected chi connectivity index (χ3v) is 5.66. The maximum absolute atomic E-state index is 13.4. The van der Waals surface area contributed by atoms with Crippen LogP contribution in [-0.4, -0.2) is 44.9 Å². The van der Waals surface area contributed by atoms with Crippen LogP contribution in [0.1, 0.15) is 60.8 Å². The molecule has 166 valence electrons. The first-order chi connectivity index (χ1) is 14.6. The van der Waals surface area contributed by atoms with Crippen molar-refractivity contribution >= 4 is 11.8 Å². The van der Waals surface area contributed by atoms with Gasteiger partial charge in [0.25, 0.3) is 17.7 Å². The van der Waals surface area contributed by atoms with Gasteiger partial charge in [0.2, 0.25) is 5.89 Å². The van der Waals surface area contributed by atoms with E-state index in [0.29, 0.717) is 36.5 Å². The Morgan fingerprint density at radius 1 is 1.26 bits per heavy atom. The third kappa shape index (κ3) is 4.13. The summed E-state index contributed by atoms with van der Waals surface area (Å²) < 4.78 is 57.1. The van der Waals surface area contributed by atoms with Crippen LogP contribution >= 0.6 is 0 Å². The maximum Gasteiger partial charge on any atom is 0.321 e. The van der Waals surface area contributed by atoms with Crippen LogP contribution in [0.3, 0.4) is 0 Å². The van der Waals surface area contributed by atoms with E-state index < -0.39 is 36.2 Å². The minimum absolute atomic E-state index is 0.127. The number of halogens is 4. The number of aromatic nitrogens is 2. The van der Waals surface area contributed by atoms with E-state index in [9.17, 15) is 27.2 Å². The number of benzene rings is 1.